The Kier molecular flexibility index (Phi) is 4.31. The van der Waals surface area contributed by atoms with E-state index in [4.69, 9.17) is 10.5 Å². The minimum Gasteiger partial charge on any atom is -0.398 e. The first kappa shape index (κ1) is 12.5. The Morgan fingerprint density at radius 3 is 2.75 bits per heavy atom. The van der Waals surface area contributed by atoms with Crippen LogP contribution in [0.1, 0.15) is 24.2 Å². The Labute approximate surface area is 95.8 Å². The highest BCUT2D eigenvalue weighted by Gasteiger charge is 2.05. The molecule has 4 heteroatoms. The van der Waals surface area contributed by atoms with Crippen molar-refractivity contribution in [1.29, 1.82) is 0 Å². The van der Waals surface area contributed by atoms with E-state index >= 15 is 0 Å². The Bertz CT molecular complexity index is 377. The van der Waals surface area contributed by atoms with Crippen molar-refractivity contribution in [3.63, 3.8) is 0 Å². The number of nitrogens with one attached hydrogen (secondary N) is 1. The fourth-order valence-electron chi connectivity index (χ4n) is 1.34. The van der Waals surface area contributed by atoms with Gasteiger partial charge < -0.3 is 15.8 Å². The Hall–Kier alpha value is -1.55. The first-order chi connectivity index (χ1) is 7.54. The average Bonchev–Trinajstić information content (AvgIpc) is 2.25. The number of hydrogen-bond acceptors (Lipinski definition) is 4. The van der Waals surface area contributed by atoms with E-state index in [-0.39, 0.29) is 11.9 Å². The molecule has 0 bridgehead atoms. The summed E-state index contributed by atoms with van der Waals surface area (Å²) in [5.74, 6) is -0.0192. The van der Waals surface area contributed by atoms with Gasteiger partial charge in [0.05, 0.1) is 6.10 Å². The second-order valence-corrected chi connectivity index (χ2v) is 3.79. The summed E-state index contributed by atoms with van der Waals surface area (Å²) in [4.78, 5) is 11.2. The highest BCUT2D eigenvalue weighted by atomic mass is 16.5. The van der Waals surface area contributed by atoms with Gasteiger partial charge in [0.1, 0.15) is 0 Å². The molecule has 0 saturated carbocycles. The van der Waals surface area contributed by atoms with Crippen molar-refractivity contribution in [2.45, 2.75) is 20.0 Å². The van der Waals surface area contributed by atoms with Gasteiger partial charge in [-0.2, -0.15) is 0 Å². The molecule has 0 amide bonds. The summed E-state index contributed by atoms with van der Waals surface area (Å²) in [6.45, 7) is 4.18. The standard InChI is InChI=1S/C12H18N2O2/c1-8(16-3)7-14-10-4-5-11(9(2)15)12(13)6-10/h4-6,8,14H,7,13H2,1-3H3. The average molecular weight is 222 g/mol. The van der Waals surface area contributed by atoms with Crippen molar-refractivity contribution in [2.75, 3.05) is 24.7 Å². The minimum absolute atomic E-state index is 0.0192. The first-order valence-electron chi connectivity index (χ1n) is 5.21. The van der Waals surface area contributed by atoms with Crippen LogP contribution >= 0.6 is 0 Å². The third kappa shape index (κ3) is 3.24. The van der Waals surface area contributed by atoms with Crippen LogP contribution in [0, 0.1) is 0 Å². The van der Waals surface area contributed by atoms with Gasteiger partial charge in [-0.1, -0.05) is 0 Å². The number of Topliss-reactive ketones (excluding diaryl/α,β-unsaturated/α-hetero) is 1. The summed E-state index contributed by atoms with van der Waals surface area (Å²) >= 11 is 0. The second kappa shape index (κ2) is 5.51. The fourth-order valence-corrected chi connectivity index (χ4v) is 1.34. The monoisotopic (exact) mass is 222 g/mol. The highest BCUT2D eigenvalue weighted by Crippen LogP contribution is 2.18. The maximum Gasteiger partial charge on any atom is 0.161 e. The molecule has 0 aliphatic heterocycles. The van der Waals surface area contributed by atoms with E-state index in [1.807, 2.05) is 13.0 Å². The van der Waals surface area contributed by atoms with Crippen molar-refractivity contribution in [2.24, 2.45) is 0 Å². The molecule has 0 aliphatic rings. The number of anilines is 2. The van der Waals surface area contributed by atoms with Gasteiger partial charge in [0, 0.05) is 30.6 Å². The molecule has 1 unspecified atom stereocenters. The number of ketones is 1. The van der Waals surface area contributed by atoms with E-state index in [9.17, 15) is 4.79 Å². The van der Waals surface area contributed by atoms with Gasteiger partial charge in [0.25, 0.3) is 0 Å². The van der Waals surface area contributed by atoms with E-state index in [1.165, 1.54) is 6.92 Å². The van der Waals surface area contributed by atoms with Gasteiger partial charge >= 0.3 is 0 Å². The van der Waals surface area contributed by atoms with Crippen LogP contribution in [0.3, 0.4) is 0 Å². The van der Waals surface area contributed by atoms with Gasteiger partial charge in [-0.3, -0.25) is 4.79 Å². The molecule has 1 aromatic carbocycles. The third-order valence-corrected chi connectivity index (χ3v) is 2.43. The quantitative estimate of drug-likeness (QED) is 0.590. The fraction of sp³-hybridized carbons (Fsp3) is 0.417. The molecule has 0 aromatic heterocycles. The Balaban J connectivity index is 2.70. The molecule has 0 heterocycles. The number of hydrogen-bond donors (Lipinski definition) is 2. The molecule has 4 nitrogen and oxygen atoms in total. The van der Waals surface area contributed by atoms with Gasteiger partial charge in [-0.25, -0.2) is 0 Å². The smallest absolute Gasteiger partial charge is 0.161 e. The number of carbonyl (C=O) groups excluding carboxylic acids is 1. The largest absolute Gasteiger partial charge is 0.398 e. The second-order valence-electron chi connectivity index (χ2n) is 3.79. The van der Waals surface area contributed by atoms with Crippen molar-refractivity contribution in [1.82, 2.24) is 0 Å². The van der Waals surface area contributed by atoms with Crippen LogP contribution in [0.15, 0.2) is 18.2 Å². The summed E-state index contributed by atoms with van der Waals surface area (Å²) in [7, 11) is 1.67. The molecule has 1 aromatic rings. The predicted molar refractivity (Wildman–Crippen MR) is 65.8 cm³/mol. The summed E-state index contributed by atoms with van der Waals surface area (Å²) in [6.07, 6.45) is 0.133. The zero-order chi connectivity index (χ0) is 12.1. The zero-order valence-electron chi connectivity index (χ0n) is 9.91. The van der Waals surface area contributed by atoms with E-state index < -0.39 is 0 Å². The SMILES string of the molecule is COC(C)CNc1ccc(C(C)=O)c(N)c1. The van der Waals surface area contributed by atoms with Gasteiger partial charge in [-0.15, -0.1) is 0 Å². The topological polar surface area (TPSA) is 64.3 Å². The lowest BCUT2D eigenvalue weighted by Gasteiger charge is -2.13. The summed E-state index contributed by atoms with van der Waals surface area (Å²) < 4.78 is 5.12. The number of benzene rings is 1. The zero-order valence-corrected chi connectivity index (χ0v) is 9.91. The maximum absolute atomic E-state index is 11.2. The van der Waals surface area contributed by atoms with Gasteiger partial charge in [0.2, 0.25) is 0 Å². The van der Waals surface area contributed by atoms with Crippen LogP contribution < -0.4 is 11.1 Å². The molecule has 0 spiro atoms. The Morgan fingerprint density at radius 2 is 2.25 bits per heavy atom. The van der Waals surface area contributed by atoms with Crippen molar-refractivity contribution in [3.05, 3.63) is 23.8 Å². The number of carbonyl (C=O) groups is 1. The molecule has 16 heavy (non-hydrogen) atoms. The summed E-state index contributed by atoms with van der Waals surface area (Å²) in [5, 5.41) is 3.19. The number of methoxy groups -OCH3 is 1. The van der Waals surface area contributed by atoms with Crippen LogP contribution in [0.25, 0.3) is 0 Å². The molecule has 88 valence electrons. The molecule has 0 aliphatic carbocycles. The molecule has 0 radical (unpaired) electrons. The normalized spacial score (nSPS) is 12.2. The predicted octanol–water partition coefficient (Wildman–Crippen LogP) is 1.92. The third-order valence-electron chi connectivity index (χ3n) is 2.43. The van der Waals surface area contributed by atoms with E-state index in [1.54, 1.807) is 19.2 Å². The minimum atomic E-state index is -0.0192. The first-order valence-corrected chi connectivity index (χ1v) is 5.21. The molecular formula is C12H18N2O2. The van der Waals surface area contributed by atoms with Crippen LogP contribution in [0.4, 0.5) is 11.4 Å². The van der Waals surface area contributed by atoms with Crippen molar-refractivity contribution in [3.8, 4) is 0 Å². The van der Waals surface area contributed by atoms with Crippen molar-refractivity contribution >= 4 is 17.2 Å². The van der Waals surface area contributed by atoms with E-state index in [0.29, 0.717) is 17.8 Å². The number of nitrogen functional groups attached to an aromatic ring is 1. The molecular weight excluding hydrogens is 204 g/mol. The lowest BCUT2D eigenvalue weighted by Crippen LogP contribution is -2.18. The van der Waals surface area contributed by atoms with Crippen LogP contribution in [-0.2, 0) is 4.74 Å². The number of nitrogens with two attached hydrogens (primary N) is 1. The van der Waals surface area contributed by atoms with Crippen LogP contribution in [0.2, 0.25) is 0 Å². The van der Waals surface area contributed by atoms with Gasteiger partial charge in [0.15, 0.2) is 5.78 Å². The van der Waals surface area contributed by atoms with Gasteiger partial charge in [-0.05, 0) is 32.0 Å². The molecule has 1 atom stereocenters. The molecule has 0 saturated heterocycles. The number of ether oxygens (including phenoxy) is 1. The van der Waals surface area contributed by atoms with E-state index in [2.05, 4.69) is 5.32 Å². The molecule has 0 fully saturated rings. The van der Waals surface area contributed by atoms with E-state index in [0.717, 1.165) is 5.69 Å². The van der Waals surface area contributed by atoms with Crippen LogP contribution in [0.5, 0.6) is 0 Å². The maximum atomic E-state index is 11.2. The highest BCUT2D eigenvalue weighted by molar-refractivity contribution is 5.99. The lowest BCUT2D eigenvalue weighted by atomic mass is 10.1. The molecule has 1 rings (SSSR count). The summed E-state index contributed by atoms with van der Waals surface area (Å²) in [5.41, 5.74) is 7.73. The Morgan fingerprint density at radius 1 is 1.56 bits per heavy atom. The lowest BCUT2D eigenvalue weighted by molar-refractivity contribution is 0.101. The number of rotatable bonds is 5. The van der Waals surface area contributed by atoms with Crippen LogP contribution in [-0.4, -0.2) is 25.5 Å². The summed E-state index contributed by atoms with van der Waals surface area (Å²) in [6, 6.07) is 5.34. The molecule has 3 N–H and O–H groups in total. The van der Waals surface area contributed by atoms with Crippen molar-refractivity contribution < 1.29 is 9.53 Å².